The molecule has 0 aliphatic rings. The van der Waals surface area contributed by atoms with E-state index in [2.05, 4.69) is 0 Å². The van der Waals surface area contributed by atoms with Crippen LogP contribution in [0.3, 0.4) is 0 Å². The summed E-state index contributed by atoms with van der Waals surface area (Å²) in [5, 5.41) is 0. The summed E-state index contributed by atoms with van der Waals surface area (Å²) in [5.74, 6) is 0. The molecule has 33 valence electrons. The molecule has 0 fully saturated rings. The smallest absolute Gasteiger partial charge is 2.00 e. The fourth-order valence-electron chi connectivity index (χ4n) is 0. The number of rotatable bonds is 0. The molecule has 0 aliphatic heterocycles. The maximum Gasteiger partial charge on any atom is 5.00 e. The van der Waals surface area contributed by atoms with Crippen LogP contribution in [0, 0.1) is 41.7 Å². The molecule has 4 nitrogen and oxygen atoms in total. The van der Waals surface area contributed by atoms with Crippen molar-refractivity contribution in [1.82, 2.24) is 0 Å². The van der Waals surface area contributed by atoms with Crippen LogP contribution in [0.2, 0.25) is 0 Å². The monoisotopic (exact) mass is 297 g/mol. The van der Waals surface area contributed by atoms with Gasteiger partial charge in [-0.15, -0.1) is 0 Å². The van der Waals surface area contributed by atoms with E-state index in [-0.39, 0.29) is 86.0 Å². The van der Waals surface area contributed by atoms with E-state index in [0.717, 1.165) is 0 Å². The number of hydrogen-bond acceptors (Lipinski definition) is 0. The summed E-state index contributed by atoms with van der Waals surface area (Å²) in [6.07, 6.45) is 0. The largest absolute Gasteiger partial charge is 5.00 e. The van der Waals surface area contributed by atoms with Gasteiger partial charge in [0.25, 0.3) is 0 Å². The average Bonchev–Trinajstić information content (AvgIpc) is 0. The van der Waals surface area contributed by atoms with Crippen molar-refractivity contribution in [2.75, 3.05) is 0 Å². The van der Waals surface area contributed by atoms with Gasteiger partial charge in [0.05, 0.1) is 0 Å². The van der Waals surface area contributed by atoms with Crippen LogP contribution in [0.5, 0.6) is 0 Å². The van der Waals surface area contributed by atoms with Crippen LogP contribution < -0.4 is 0 Å². The van der Waals surface area contributed by atoms with Gasteiger partial charge in [-0.2, -0.15) is 0 Å². The molecule has 0 saturated heterocycles. The van der Waals surface area contributed by atoms with Gasteiger partial charge in [0.2, 0.25) is 0 Å². The van der Waals surface area contributed by atoms with Crippen LogP contribution in [-0.4, -0.2) is 0 Å². The van der Waals surface area contributed by atoms with Crippen molar-refractivity contribution in [2.24, 2.45) is 0 Å². The Morgan fingerprint density at radius 1 is 0.500 bits per heavy atom. The van der Waals surface area contributed by atoms with Crippen LogP contribution in [0.25, 0.3) is 0 Å². The van der Waals surface area contributed by atoms with Gasteiger partial charge in [-0.05, 0) is 0 Å². The Bertz CT molecular complexity index is 7.51. The zero-order valence-corrected chi connectivity index (χ0v) is 7.92. The van der Waals surface area contributed by atoms with E-state index in [4.69, 9.17) is 0 Å². The molecule has 0 saturated carbocycles. The summed E-state index contributed by atoms with van der Waals surface area (Å²) in [5.41, 5.74) is 0. The van der Waals surface area contributed by atoms with Crippen molar-refractivity contribution >= 4 is 0 Å². The van der Waals surface area contributed by atoms with Crippen LogP contribution in [0.15, 0.2) is 0 Å². The van der Waals surface area contributed by atoms with Crippen LogP contribution >= 0.6 is 0 Å². The Morgan fingerprint density at radius 2 is 0.500 bits per heavy atom. The topological polar surface area (TPSA) is 114 Å². The second-order valence-electron chi connectivity index (χ2n) is 0. The van der Waals surface area contributed by atoms with Crippen LogP contribution in [0.1, 0.15) is 0 Å². The van der Waals surface area contributed by atoms with Crippen molar-refractivity contribution < 1.29 is 86.0 Å². The van der Waals surface area contributed by atoms with Crippen LogP contribution in [-0.2, 0) is 44.3 Å². The molecule has 0 atom stereocenters. The molecular weight excluding hydrogens is 297 g/mol. The first-order valence-corrected chi connectivity index (χ1v) is 0. The molecule has 0 rings (SSSR count). The summed E-state index contributed by atoms with van der Waals surface area (Å²) in [6, 6.07) is 0. The van der Waals surface area contributed by atoms with E-state index in [9.17, 15) is 0 Å². The molecule has 6 heteroatoms. The minimum Gasteiger partial charge on any atom is -2.00 e. The zero-order chi connectivity index (χ0) is 0. The third-order valence-corrected chi connectivity index (χ3v) is 0. The van der Waals surface area contributed by atoms with Gasteiger partial charge in [0, 0.05) is 0 Å². The fraction of sp³-hybridized carbons (Fsp3) is 0. The molecule has 0 aliphatic carbocycles. The van der Waals surface area contributed by atoms with Crippen molar-refractivity contribution in [3.05, 3.63) is 0 Å². The van der Waals surface area contributed by atoms with E-state index in [1.54, 1.807) is 0 Å². The summed E-state index contributed by atoms with van der Waals surface area (Å²) >= 11 is 0. The van der Waals surface area contributed by atoms with Crippen molar-refractivity contribution in [3.8, 4) is 0 Å². The van der Waals surface area contributed by atoms with Gasteiger partial charge < -0.3 is 21.9 Å². The van der Waals surface area contributed by atoms with Gasteiger partial charge in [-0.3, -0.25) is 0 Å². The van der Waals surface area contributed by atoms with Crippen molar-refractivity contribution in [3.63, 3.8) is 0 Å². The van der Waals surface area contributed by atoms with E-state index < -0.39 is 0 Å². The summed E-state index contributed by atoms with van der Waals surface area (Å²) in [6.45, 7) is 0. The summed E-state index contributed by atoms with van der Waals surface area (Å²) in [7, 11) is 0. The third-order valence-electron chi connectivity index (χ3n) is 0. The van der Waals surface area contributed by atoms with E-state index in [1.807, 2.05) is 0 Å². The molecule has 6 heavy (non-hydrogen) atoms. The SMILES string of the molecule is [Ce+3].[Nb+5].[O-2].[O-2].[O-2].[O-2]. The molecule has 0 aromatic rings. The van der Waals surface area contributed by atoms with E-state index >= 15 is 0 Å². The Hall–Kier alpha value is 1.96. The first-order chi connectivity index (χ1) is 0. The molecule has 0 amide bonds. The zero-order valence-electron chi connectivity index (χ0n) is 2.58. The normalized spacial score (nSPS) is 0. The molecule has 0 heterocycles. The molecule has 0 bridgehead atoms. The van der Waals surface area contributed by atoms with Gasteiger partial charge in [0.15, 0.2) is 0 Å². The maximum absolute atomic E-state index is 0. The molecule has 0 N–H and O–H groups in total. The second-order valence-corrected chi connectivity index (χ2v) is 0. The van der Waals surface area contributed by atoms with Gasteiger partial charge in [-0.25, -0.2) is 0 Å². The van der Waals surface area contributed by atoms with E-state index in [1.165, 1.54) is 0 Å². The van der Waals surface area contributed by atoms with Crippen molar-refractivity contribution in [2.45, 2.75) is 0 Å². The van der Waals surface area contributed by atoms with Crippen molar-refractivity contribution in [1.29, 1.82) is 0 Å². The standard InChI is InChI=1S/Ce.Nb.4O/q+3;+5;4*-2. The predicted octanol–water partition coefficient (Wildman–Crippen LogP) is -0.478. The minimum atomic E-state index is 0. The Morgan fingerprint density at radius 3 is 0.500 bits per heavy atom. The molecular formula is CeNbO4. The molecule has 1 radical (unpaired) electrons. The van der Waals surface area contributed by atoms with Crippen LogP contribution in [0.4, 0.5) is 0 Å². The molecule has 0 unspecified atom stereocenters. The third kappa shape index (κ3) is 38.2. The molecule has 0 aromatic heterocycles. The fourth-order valence-corrected chi connectivity index (χ4v) is 0. The molecule has 0 spiro atoms. The average molecular weight is 297 g/mol. The van der Waals surface area contributed by atoms with E-state index in [0.29, 0.717) is 0 Å². The molecule has 0 aromatic carbocycles. The Kier molecular flexibility index (Phi) is 1080. The van der Waals surface area contributed by atoms with Gasteiger partial charge in [-0.1, -0.05) is 0 Å². The summed E-state index contributed by atoms with van der Waals surface area (Å²) in [4.78, 5) is 0. The predicted molar refractivity (Wildman–Crippen MR) is 2.75 cm³/mol. The first kappa shape index (κ1) is 101. The maximum atomic E-state index is 0. The van der Waals surface area contributed by atoms with Gasteiger partial charge in [0.1, 0.15) is 0 Å². The second kappa shape index (κ2) is 64.5. The Labute approximate surface area is 84.8 Å². The van der Waals surface area contributed by atoms with Gasteiger partial charge >= 0.3 is 64.1 Å². The number of hydrogen-bond donors (Lipinski definition) is 0. The Balaban J connectivity index is 0. The summed E-state index contributed by atoms with van der Waals surface area (Å²) < 4.78 is 0. The quantitative estimate of drug-likeness (QED) is 0.538. The minimum absolute atomic E-state index is 0. The first-order valence-electron chi connectivity index (χ1n) is 0.